The van der Waals surface area contributed by atoms with E-state index in [2.05, 4.69) is 0 Å². The highest BCUT2D eigenvalue weighted by atomic mass is 16.6. The number of aliphatic hydroxyl groups excluding tert-OH is 1. The molecule has 0 radical (unpaired) electrons. The van der Waals surface area contributed by atoms with Crippen LogP contribution in [-0.4, -0.2) is 121 Å². The van der Waals surface area contributed by atoms with Gasteiger partial charge in [0.15, 0.2) is 5.78 Å². The standard InChI is InChI=1S/C44H73N3O9/c1-14-29(7)40(45(10)43(52)33(27(3)4)25-36(49)39(28(5)6)46(11)44(53)56-15-2)37(54-12)26-38(50)47-23-19-22-34(47)42(55-13)31(9)35(48)24-30(8)41(51)32-20-17-16-18-21-32/h16-18,20-21,27-31,33-34,37,39-42,51H,14-15,19,22-26H2,1-13H3/t29-,30-,31-,33-,34-,37+,39-,40+,41+,42+/m0/s1. The maximum Gasteiger partial charge on any atom is 0.410 e. The van der Waals surface area contributed by atoms with Gasteiger partial charge in [-0.25, -0.2) is 4.79 Å². The molecular formula is C44H73N3O9. The van der Waals surface area contributed by atoms with Crippen molar-refractivity contribution in [2.45, 2.75) is 137 Å². The number of nitrogens with zero attached hydrogens (tertiary/aromatic N) is 3. The third-order valence-electron chi connectivity index (χ3n) is 12.0. The maximum atomic E-state index is 14.4. The van der Waals surface area contributed by atoms with E-state index in [0.29, 0.717) is 13.0 Å². The molecule has 0 unspecified atom stereocenters. The van der Waals surface area contributed by atoms with Crippen LogP contribution in [-0.2, 0) is 33.4 Å². The molecule has 1 aliphatic heterocycles. The Balaban J connectivity index is 2.28. The Morgan fingerprint density at radius 1 is 0.821 bits per heavy atom. The molecule has 3 amide bonds. The molecule has 1 aromatic carbocycles. The number of amides is 3. The molecular weight excluding hydrogens is 714 g/mol. The number of hydrogen-bond donors (Lipinski definition) is 1. The van der Waals surface area contributed by atoms with E-state index in [1.54, 1.807) is 40.1 Å². The summed E-state index contributed by atoms with van der Waals surface area (Å²) in [5, 5.41) is 10.9. The highest BCUT2D eigenvalue weighted by Crippen LogP contribution is 2.33. The summed E-state index contributed by atoms with van der Waals surface area (Å²) in [4.78, 5) is 73.5. The van der Waals surface area contributed by atoms with Crippen LogP contribution in [0.25, 0.3) is 0 Å². The average molecular weight is 788 g/mol. The Kier molecular flexibility index (Phi) is 20.2. The Morgan fingerprint density at radius 2 is 1.45 bits per heavy atom. The fourth-order valence-corrected chi connectivity index (χ4v) is 8.51. The van der Waals surface area contributed by atoms with Crippen LogP contribution >= 0.6 is 0 Å². The van der Waals surface area contributed by atoms with Crippen LogP contribution in [0.4, 0.5) is 4.79 Å². The number of methoxy groups -OCH3 is 2. The van der Waals surface area contributed by atoms with Crippen molar-refractivity contribution in [3.05, 3.63) is 35.9 Å². The molecule has 12 nitrogen and oxygen atoms in total. The normalized spacial score (nSPS) is 19.4. The molecule has 56 heavy (non-hydrogen) atoms. The van der Waals surface area contributed by atoms with E-state index in [9.17, 15) is 29.1 Å². The van der Waals surface area contributed by atoms with E-state index in [4.69, 9.17) is 14.2 Å². The van der Waals surface area contributed by atoms with E-state index in [1.165, 1.54) is 4.90 Å². The summed E-state index contributed by atoms with van der Waals surface area (Å²) in [5.41, 5.74) is 0.763. The predicted molar refractivity (Wildman–Crippen MR) is 218 cm³/mol. The first-order chi connectivity index (χ1) is 26.4. The molecule has 1 fully saturated rings. The van der Waals surface area contributed by atoms with E-state index in [-0.39, 0.29) is 79.0 Å². The van der Waals surface area contributed by atoms with Crippen molar-refractivity contribution in [3.63, 3.8) is 0 Å². The number of ketones is 2. The van der Waals surface area contributed by atoms with Crippen molar-refractivity contribution in [2.75, 3.05) is 41.5 Å². The Bertz CT molecular complexity index is 1410. The fourth-order valence-electron chi connectivity index (χ4n) is 8.51. The van der Waals surface area contributed by atoms with Crippen LogP contribution < -0.4 is 0 Å². The second-order valence-electron chi connectivity index (χ2n) is 16.6. The van der Waals surface area contributed by atoms with Gasteiger partial charge >= 0.3 is 6.09 Å². The van der Waals surface area contributed by atoms with Crippen molar-refractivity contribution in [1.82, 2.24) is 14.7 Å². The minimum atomic E-state index is -0.779. The van der Waals surface area contributed by atoms with Gasteiger partial charge in [0.2, 0.25) is 11.8 Å². The van der Waals surface area contributed by atoms with Gasteiger partial charge in [-0.1, -0.05) is 92.1 Å². The van der Waals surface area contributed by atoms with Gasteiger partial charge in [-0.2, -0.15) is 0 Å². The number of hydrogen-bond acceptors (Lipinski definition) is 9. The van der Waals surface area contributed by atoms with Crippen LogP contribution in [0.3, 0.4) is 0 Å². The molecule has 0 aromatic heterocycles. The largest absolute Gasteiger partial charge is 0.450 e. The van der Waals surface area contributed by atoms with Crippen molar-refractivity contribution in [2.24, 2.45) is 35.5 Å². The van der Waals surface area contributed by atoms with E-state index < -0.39 is 48.3 Å². The lowest BCUT2D eigenvalue weighted by Crippen LogP contribution is -2.54. The second-order valence-corrected chi connectivity index (χ2v) is 16.6. The minimum Gasteiger partial charge on any atom is -0.450 e. The smallest absolute Gasteiger partial charge is 0.410 e. The van der Waals surface area contributed by atoms with E-state index >= 15 is 0 Å². The van der Waals surface area contributed by atoms with Crippen LogP contribution in [0, 0.1) is 35.5 Å². The minimum absolute atomic E-state index is 0.0176. The van der Waals surface area contributed by atoms with Crippen molar-refractivity contribution >= 4 is 29.5 Å². The number of ether oxygens (including phenoxy) is 3. The highest BCUT2D eigenvalue weighted by molar-refractivity contribution is 5.92. The van der Waals surface area contributed by atoms with E-state index in [1.807, 2.05) is 90.6 Å². The van der Waals surface area contributed by atoms with Crippen LogP contribution in [0.2, 0.25) is 0 Å². The molecule has 1 aromatic rings. The molecule has 1 aliphatic rings. The zero-order valence-corrected chi connectivity index (χ0v) is 36.5. The molecule has 0 saturated carbocycles. The quantitative estimate of drug-likeness (QED) is 0.130. The Morgan fingerprint density at radius 3 is 1.96 bits per heavy atom. The number of rotatable bonds is 23. The molecule has 1 saturated heterocycles. The molecule has 0 bridgehead atoms. The van der Waals surface area contributed by atoms with Gasteiger partial charge in [0.05, 0.1) is 49.5 Å². The predicted octanol–water partition coefficient (Wildman–Crippen LogP) is 6.58. The van der Waals surface area contributed by atoms with Crippen LogP contribution in [0.15, 0.2) is 30.3 Å². The number of aliphatic hydroxyl groups is 1. The molecule has 1 N–H and O–H groups in total. The zero-order chi connectivity index (χ0) is 42.4. The first-order valence-corrected chi connectivity index (χ1v) is 20.7. The lowest BCUT2D eigenvalue weighted by Gasteiger charge is -2.41. The topological polar surface area (TPSA) is 143 Å². The second kappa shape index (κ2) is 23.2. The number of Topliss-reactive ketones (excluding diaryl/α,β-unsaturated/α-hetero) is 2. The summed E-state index contributed by atoms with van der Waals surface area (Å²) >= 11 is 0. The molecule has 10 atom stereocenters. The van der Waals surface area contributed by atoms with Gasteiger partial charge in [0.1, 0.15) is 5.78 Å². The third kappa shape index (κ3) is 12.6. The fraction of sp³-hybridized carbons (Fsp3) is 0.750. The summed E-state index contributed by atoms with van der Waals surface area (Å²) in [6.07, 6.45) is -0.240. The van der Waals surface area contributed by atoms with Crippen molar-refractivity contribution < 1.29 is 43.3 Å². The van der Waals surface area contributed by atoms with Gasteiger partial charge < -0.3 is 34.0 Å². The van der Waals surface area contributed by atoms with Crippen LogP contribution in [0.1, 0.15) is 113 Å². The molecule has 12 heteroatoms. The number of likely N-dealkylation sites (N-methyl/N-ethyl adjacent to an activating group) is 2. The van der Waals surface area contributed by atoms with Gasteiger partial charge in [-0.3, -0.25) is 19.2 Å². The van der Waals surface area contributed by atoms with Gasteiger partial charge in [0, 0.05) is 59.5 Å². The Labute approximate surface area is 337 Å². The number of carbonyl (C=O) groups is 5. The molecule has 318 valence electrons. The average Bonchev–Trinajstić information content (AvgIpc) is 3.65. The summed E-state index contributed by atoms with van der Waals surface area (Å²) in [6.45, 7) is 17.7. The summed E-state index contributed by atoms with van der Waals surface area (Å²) in [5.74, 6) is -2.50. The monoisotopic (exact) mass is 788 g/mol. The lowest BCUT2D eigenvalue weighted by atomic mass is 9.83. The third-order valence-corrected chi connectivity index (χ3v) is 12.0. The SMILES string of the molecule is CCOC(=O)N(C)[C@H](C(=O)C[C@H](C(=O)N(C)[C@H]([C@@H](C)CC)[C@@H](CC(=O)N1CCC[C@H]1[C@H](OC)[C@@H](C)C(=O)C[C@H](C)[C@@H](O)c1ccccc1)OC)C(C)C)C(C)C. The van der Waals surface area contributed by atoms with Gasteiger partial charge in [-0.05, 0) is 49.0 Å². The number of likely N-dealkylation sites (tertiary alicyclic amines) is 1. The van der Waals surface area contributed by atoms with Crippen molar-refractivity contribution in [3.8, 4) is 0 Å². The number of benzene rings is 1. The molecule has 0 aliphatic carbocycles. The molecule has 0 spiro atoms. The number of carbonyl (C=O) groups excluding carboxylic acids is 5. The Hall–Kier alpha value is -3.35. The van der Waals surface area contributed by atoms with Crippen molar-refractivity contribution in [1.29, 1.82) is 0 Å². The van der Waals surface area contributed by atoms with Gasteiger partial charge in [0.25, 0.3) is 0 Å². The summed E-state index contributed by atoms with van der Waals surface area (Å²) < 4.78 is 17.2. The van der Waals surface area contributed by atoms with Gasteiger partial charge in [-0.15, -0.1) is 0 Å². The first-order valence-electron chi connectivity index (χ1n) is 20.7. The lowest BCUT2D eigenvalue weighted by molar-refractivity contribution is -0.149. The highest BCUT2D eigenvalue weighted by Gasteiger charge is 2.43. The molecule has 1 heterocycles. The summed E-state index contributed by atoms with van der Waals surface area (Å²) in [7, 11) is 6.40. The summed E-state index contributed by atoms with van der Waals surface area (Å²) in [6, 6.07) is 7.76. The first kappa shape index (κ1) is 48.8. The van der Waals surface area contributed by atoms with Crippen LogP contribution in [0.5, 0.6) is 0 Å². The maximum absolute atomic E-state index is 14.4. The van der Waals surface area contributed by atoms with E-state index in [0.717, 1.165) is 18.4 Å². The molecule has 2 rings (SSSR count). The zero-order valence-electron chi connectivity index (χ0n) is 36.5.